The van der Waals surface area contributed by atoms with E-state index in [4.69, 9.17) is 17.3 Å². The summed E-state index contributed by atoms with van der Waals surface area (Å²) < 4.78 is 0. The highest BCUT2D eigenvalue weighted by Crippen LogP contribution is 2.22. The van der Waals surface area contributed by atoms with Gasteiger partial charge in [0, 0.05) is 12.1 Å². The second-order valence-corrected chi connectivity index (χ2v) is 5.37. The second-order valence-electron chi connectivity index (χ2n) is 4.93. The Labute approximate surface area is 120 Å². The molecule has 0 spiro atoms. The minimum atomic E-state index is -0.411. The van der Waals surface area contributed by atoms with Crippen LogP contribution in [0.5, 0.6) is 0 Å². The SMILES string of the molecule is CCCCC(N)C(=O)N(C)C(C)c1cccc(Cl)c1. The average molecular weight is 283 g/mol. The van der Waals surface area contributed by atoms with E-state index < -0.39 is 6.04 Å². The maximum atomic E-state index is 12.2. The van der Waals surface area contributed by atoms with Crippen LogP contribution in [0.4, 0.5) is 0 Å². The molecule has 4 heteroatoms. The van der Waals surface area contributed by atoms with E-state index in [-0.39, 0.29) is 11.9 Å². The summed E-state index contributed by atoms with van der Waals surface area (Å²) in [6, 6.07) is 7.13. The number of unbranched alkanes of at least 4 members (excludes halogenated alkanes) is 1. The van der Waals surface area contributed by atoms with E-state index in [9.17, 15) is 4.79 Å². The zero-order valence-electron chi connectivity index (χ0n) is 11.9. The molecule has 0 aromatic heterocycles. The molecule has 0 fully saturated rings. The van der Waals surface area contributed by atoms with Crippen molar-refractivity contribution in [3.8, 4) is 0 Å². The number of rotatable bonds is 6. The number of halogens is 1. The number of nitrogens with two attached hydrogens (primary N) is 1. The van der Waals surface area contributed by atoms with Gasteiger partial charge in [0.15, 0.2) is 0 Å². The summed E-state index contributed by atoms with van der Waals surface area (Å²) in [7, 11) is 1.79. The molecule has 3 nitrogen and oxygen atoms in total. The Bertz CT molecular complexity index is 422. The number of benzene rings is 1. The van der Waals surface area contributed by atoms with Gasteiger partial charge in [0.05, 0.1) is 12.1 Å². The van der Waals surface area contributed by atoms with Gasteiger partial charge in [-0.1, -0.05) is 43.5 Å². The third-order valence-electron chi connectivity index (χ3n) is 3.45. The van der Waals surface area contributed by atoms with Crippen LogP contribution >= 0.6 is 11.6 Å². The van der Waals surface area contributed by atoms with Gasteiger partial charge in [-0.25, -0.2) is 0 Å². The van der Waals surface area contributed by atoms with Crippen molar-refractivity contribution >= 4 is 17.5 Å². The molecule has 106 valence electrons. The maximum Gasteiger partial charge on any atom is 0.239 e. The zero-order chi connectivity index (χ0) is 14.4. The van der Waals surface area contributed by atoms with Gasteiger partial charge in [0.25, 0.3) is 0 Å². The zero-order valence-corrected chi connectivity index (χ0v) is 12.7. The second kappa shape index (κ2) is 7.51. The fraction of sp³-hybridized carbons (Fsp3) is 0.533. The molecule has 2 atom stereocenters. The molecular weight excluding hydrogens is 260 g/mol. The molecule has 0 radical (unpaired) electrons. The first-order valence-corrected chi connectivity index (χ1v) is 7.12. The van der Waals surface area contributed by atoms with Gasteiger partial charge in [-0.2, -0.15) is 0 Å². The molecule has 2 unspecified atom stereocenters. The Morgan fingerprint density at radius 1 is 1.47 bits per heavy atom. The first-order valence-electron chi connectivity index (χ1n) is 6.75. The molecule has 0 aliphatic carbocycles. The van der Waals surface area contributed by atoms with Crippen molar-refractivity contribution in [3.05, 3.63) is 34.9 Å². The Hall–Kier alpha value is -1.06. The van der Waals surface area contributed by atoms with E-state index in [2.05, 4.69) is 6.92 Å². The van der Waals surface area contributed by atoms with Crippen LogP contribution in [0.25, 0.3) is 0 Å². The molecule has 19 heavy (non-hydrogen) atoms. The van der Waals surface area contributed by atoms with Gasteiger partial charge in [-0.05, 0) is 31.0 Å². The normalized spacial score (nSPS) is 13.9. The first-order chi connectivity index (χ1) is 8.97. The molecular formula is C15H23ClN2O. The van der Waals surface area contributed by atoms with Gasteiger partial charge in [0.1, 0.15) is 0 Å². The maximum absolute atomic E-state index is 12.2. The van der Waals surface area contributed by atoms with Crippen LogP contribution in [0.15, 0.2) is 24.3 Å². The number of carbonyl (C=O) groups is 1. The lowest BCUT2D eigenvalue weighted by molar-refractivity contribution is -0.133. The third kappa shape index (κ3) is 4.51. The van der Waals surface area contributed by atoms with Crippen LogP contribution in [0.1, 0.15) is 44.7 Å². The highest BCUT2D eigenvalue weighted by Gasteiger charge is 2.22. The molecule has 1 amide bonds. The van der Waals surface area contributed by atoms with Crippen molar-refractivity contribution in [2.45, 2.75) is 45.2 Å². The predicted octanol–water partition coefficient (Wildman–Crippen LogP) is 3.38. The summed E-state index contributed by atoms with van der Waals surface area (Å²) in [5.74, 6) is -0.0130. The average Bonchev–Trinajstić information content (AvgIpc) is 2.42. The first kappa shape index (κ1) is 16.0. The Kier molecular flexibility index (Phi) is 6.32. The van der Waals surface area contributed by atoms with Crippen molar-refractivity contribution in [2.75, 3.05) is 7.05 Å². The van der Waals surface area contributed by atoms with Gasteiger partial charge < -0.3 is 10.6 Å². The minimum Gasteiger partial charge on any atom is -0.338 e. The molecule has 1 aromatic rings. The quantitative estimate of drug-likeness (QED) is 0.869. The largest absolute Gasteiger partial charge is 0.338 e. The van der Waals surface area contributed by atoms with Crippen LogP contribution in [-0.2, 0) is 4.79 Å². The Balaban J connectivity index is 2.70. The Morgan fingerprint density at radius 2 is 2.16 bits per heavy atom. The molecule has 0 aliphatic rings. The molecule has 0 bridgehead atoms. The molecule has 2 N–H and O–H groups in total. The number of likely N-dealkylation sites (N-methyl/N-ethyl adjacent to an activating group) is 1. The summed E-state index contributed by atoms with van der Waals surface area (Å²) in [5.41, 5.74) is 6.95. The van der Waals surface area contributed by atoms with Crippen LogP contribution < -0.4 is 5.73 Å². The third-order valence-corrected chi connectivity index (χ3v) is 3.68. The fourth-order valence-electron chi connectivity index (χ4n) is 1.99. The van der Waals surface area contributed by atoms with Crippen LogP contribution in [0, 0.1) is 0 Å². The summed E-state index contributed by atoms with van der Waals surface area (Å²) in [5, 5.41) is 0.681. The summed E-state index contributed by atoms with van der Waals surface area (Å²) >= 11 is 5.98. The molecule has 0 aliphatic heterocycles. The lowest BCUT2D eigenvalue weighted by atomic mass is 10.0. The van der Waals surface area contributed by atoms with Crippen molar-refractivity contribution in [2.24, 2.45) is 5.73 Å². The number of nitrogens with zero attached hydrogens (tertiary/aromatic N) is 1. The van der Waals surface area contributed by atoms with E-state index in [0.717, 1.165) is 24.8 Å². The van der Waals surface area contributed by atoms with Crippen molar-refractivity contribution in [1.82, 2.24) is 4.90 Å². The van der Waals surface area contributed by atoms with E-state index >= 15 is 0 Å². The molecule has 1 rings (SSSR count). The highest BCUT2D eigenvalue weighted by atomic mass is 35.5. The van der Waals surface area contributed by atoms with Crippen LogP contribution in [-0.4, -0.2) is 23.9 Å². The van der Waals surface area contributed by atoms with Crippen molar-refractivity contribution in [1.29, 1.82) is 0 Å². The van der Waals surface area contributed by atoms with E-state index in [0.29, 0.717) is 5.02 Å². The van der Waals surface area contributed by atoms with Crippen molar-refractivity contribution in [3.63, 3.8) is 0 Å². The van der Waals surface area contributed by atoms with Crippen LogP contribution in [0.2, 0.25) is 5.02 Å². The lowest BCUT2D eigenvalue weighted by Gasteiger charge is -2.28. The standard InChI is InChI=1S/C15H23ClN2O/c1-4-5-9-14(17)15(19)18(3)11(2)12-7-6-8-13(16)10-12/h6-8,10-11,14H,4-5,9,17H2,1-3H3. The predicted molar refractivity (Wildman–Crippen MR) is 80.1 cm³/mol. The summed E-state index contributed by atoms with van der Waals surface area (Å²) in [6.07, 6.45) is 2.77. The molecule has 0 saturated heterocycles. The lowest BCUT2D eigenvalue weighted by Crippen LogP contribution is -2.42. The molecule has 0 heterocycles. The highest BCUT2D eigenvalue weighted by molar-refractivity contribution is 6.30. The number of amides is 1. The Morgan fingerprint density at radius 3 is 2.74 bits per heavy atom. The van der Waals surface area contributed by atoms with Gasteiger partial charge in [0.2, 0.25) is 5.91 Å². The summed E-state index contributed by atoms with van der Waals surface area (Å²) in [6.45, 7) is 4.08. The number of hydrogen-bond donors (Lipinski definition) is 1. The number of carbonyl (C=O) groups excluding carboxylic acids is 1. The van der Waals surface area contributed by atoms with Crippen molar-refractivity contribution < 1.29 is 4.79 Å². The topological polar surface area (TPSA) is 46.3 Å². The van der Waals surface area contributed by atoms with Gasteiger partial charge >= 0.3 is 0 Å². The smallest absolute Gasteiger partial charge is 0.239 e. The summed E-state index contributed by atoms with van der Waals surface area (Å²) in [4.78, 5) is 13.9. The number of hydrogen-bond acceptors (Lipinski definition) is 2. The van der Waals surface area contributed by atoms with E-state index in [1.165, 1.54) is 0 Å². The van der Waals surface area contributed by atoms with E-state index in [1.807, 2.05) is 31.2 Å². The monoisotopic (exact) mass is 282 g/mol. The van der Waals surface area contributed by atoms with Crippen LogP contribution in [0.3, 0.4) is 0 Å². The van der Waals surface area contributed by atoms with Gasteiger partial charge in [-0.3, -0.25) is 4.79 Å². The minimum absolute atomic E-state index is 0.0130. The molecule has 0 saturated carbocycles. The van der Waals surface area contributed by atoms with Gasteiger partial charge in [-0.15, -0.1) is 0 Å². The fourth-order valence-corrected chi connectivity index (χ4v) is 2.19. The van der Waals surface area contributed by atoms with E-state index in [1.54, 1.807) is 11.9 Å². The molecule has 1 aromatic carbocycles.